The Hall–Kier alpha value is -3.77. The molecule has 6 heteroatoms. The zero-order valence-electron chi connectivity index (χ0n) is 20.7. The van der Waals surface area contributed by atoms with Crippen molar-refractivity contribution in [1.82, 2.24) is 9.88 Å². The van der Waals surface area contributed by atoms with Gasteiger partial charge in [0, 0.05) is 34.9 Å². The molecule has 4 aromatic rings. The molecule has 1 fully saturated rings. The van der Waals surface area contributed by atoms with Gasteiger partial charge in [-0.3, -0.25) is 14.7 Å². The van der Waals surface area contributed by atoms with E-state index in [0.29, 0.717) is 17.0 Å². The van der Waals surface area contributed by atoms with Crippen molar-refractivity contribution < 1.29 is 13.9 Å². The number of aryl methyl sites for hydroxylation is 1. The van der Waals surface area contributed by atoms with Crippen LogP contribution < -0.4 is 10.1 Å². The molecule has 0 spiro atoms. The van der Waals surface area contributed by atoms with Crippen LogP contribution in [0.5, 0.6) is 5.75 Å². The molecule has 2 heterocycles. The maximum atomic E-state index is 14.9. The van der Waals surface area contributed by atoms with Gasteiger partial charge in [0.05, 0.1) is 12.6 Å². The highest BCUT2D eigenvalue weighted by Gasteiger charge is 2.15. The number of aromatic nitrogens is 1. The van der Waals surface area contributed by atoms with Crippen LogP contribution in [0.15, 0.2) is 66.9 Å². The van der Waals surface area contributed by atoms with E-state index < -0.39 is 5.82 Å². The number of fused-ring (bicyclic) bond motifs is 1. The van der Waals surface area contributed by atoms with Gasteiger partial charge in [0.1, 0.15) is 11.6 Å². The Morgan fingerprint density at radius 1 is 1.03 bits per heavy atom. The number of halogens is 1. The number of carbonyl (C=O) groups is 1. The van der Waals surface area contributed by atoms with E-state index in [1.807, 2.05) is 25.3 Å². The number of ether oxygens (including phenoxy) is 1. The number of pyridine rings is 1. The maximum Gasteiger partial charge on any atom is 0.255 e. The second-order valence-corrected chi connectivity index (χ2v) is 9.37. The average molecular weight is 484 g/mol. The Balaban J connectivity index is 1.32. The van der Waals surface area contributed by atoms with Crippen molar-refractivity contribution in [3.8, 4) is 16.9 Å². The molecule has 0 atom stereocenters. The highest BCUT2D eigenvalue weighted by atomic mass is 19.1. The first-order chi connectivity index (χ1) is 17.5. The van der Waals surface area contributed by atoms with E-state index in [0.717, 1.165) is 41.7 Å². The highest BCUT2D eigenvalue weighted by molar-refractivity contribution is 6.06. The summed E-state index contributed by atoms with van der Waals surface area (Å²) >= 11 is 0. The van der Waals surface area contributed by atoms with E-state index in [-0.39, 0.29) is 11.5 Å². The van der Waals surface area contributed by atoms with E-state index in [1.165, 1.54) is 30.9 Å². The van der Waals surface area contributed by atoms with Gasteiger partial charge >= 0.3 is 0 Å². The largest absolute Gasteiger partial charge is 0.497 e. The first-order valence-corrected chi connectivity index (χ1v) is 12.4. The van der Waals surface area contributed by atoms with Gasteiger partial charge in [-0.1, -0.05) is 30.7 Å². The van der Waals surface area contributed by atoms with Crippen LogP contribution in [0.4, 0.5) is 10.1 Å². The van der Waals surface area contributed by atoms with Crippen LogP contribution >= 0.6 is 0 Å². The number of rotatable bonds is 6. The number of anilines is 1. The summed E-state index contributed by atoms with van der Waals surface area (Å²) in [6.45, 7) is 5.15. The summed E-state index contributed by atoms with van der Waals surface area (Å²) in [6.07, 6.45) is 5.77. The Bertz CT molecular complexity index is 1400. The number of hydrogen-bond donors (Lipinski definition) is 1. The predicted molar refractivity (Wildman–Crippen MR) is 142 cm³/mol. The molecule has 184 valence electrons. The van der Waals surface area contributed by atoms with Crippen LogP contribution in [-0.4, -0.2) is 36.0 Å². The second kappa shape index (κ2) is 10.5. The van der Waals surface area contributed by atoms with Crippen molar-refractivity contribution in [2.24, 2.45) is 0 Å². The summed E-state index contributed by atoms with van der Waals surface area (Å²) in [5.41, 5.74) is 5.03. The topological polar surface area (TPSA) is 54.5 Å². The van der Waals surface area contributed by atoms with Crippen LogP contribution in [0.2, 0.25) is 0 Å². The Kier molecular flexibility index (Phi) is 6.96. The Labute approximate surface area is 210 Å². The van der Waals surface area contributed by atoms with Crippen LogP contribution in [-0.2, 0) is 6.54 Å². The Morgan fingerprint density at radius 3 is 2.53 bits per heavy atom. The summed E-state index contributed by atoms with van der Waals surface area (Å²) < 4.78 is 20.0. The molecule has 5 rings (SSSR count). The summed E-state index contributed by atoms with van der Waals surface area (Å²) in [7, 11) is 1.59. The molecule has 1 aliphatic heterocycles. The van der Waals surface area contributed by atoms with Crippen molar-refractivity contribution in [1.29, 1.82) is 0 Å². The van der Waals surface area contributed by atoms with Crippen LogP contribution in [0.1, 0.15) is 40.7 Å². The summed E-state index contributed by atoms with van der Waals surface area (Å²) in [5, 5.41) is 3.98. The van der Waals surface area contributed by atoms with Gasteiger partial charge in [0.2, 0.25) is 0 Å². The zero-order chi connectivity index (χ0) is 25.1. The third-order valence-electron chi connectivity index (χ3n) is 6.90. The second-order valence-electron chi connectivity index (χ2n) is 9.37. The lowest BCUT2D eigenvalue weighted by Crippen LogP contribution is -2.29. The van der Waals surface area contributed by atoms with Crippen molar-refractivity contribution in [2.75, 3.05) is 25.5 Å². The fourth-order valence-electron chi connectivity index (χ4n) is 4.85. The minimum absolute atomic E-state index is 0.258. The van der Waals surface area contributed by atoms with E-state index >= 15 is 0 Å². The van der Waals surface area contributed by atoms with Gasteiger partial charge in [0.15, 0.2) is 0 Å². The number of methoxy groups -OCH3 is 1. The summed E-state index contributed by atoms with van der Waals surface area (Å²) in [5.74, 6) is -0.112. The van der Waals surface area contributed by atoms with E-state index in [4.69, 9.17) is 9.72 Å². The third kappa shape index (κ3) is 5.09. The first-order valence-electron chi connectivity index (χ1n) is 12.4. The molecule has 1 N–H and O–H groups in total. The molecule has 5 nitrogen and oxygen atoms in total. The first kappa shape index (κ1) is 23.9. The van der Waals surface area contributed by atoms with E-state index in [2.05, 4.69) is 16.3 Å². The number of amides is 1. The lowest BCUT2D eigenvalue weighted by molar-refractivity contribution is 0.102. The van der Waals surface area contributed by atoms with Crippen molar-refractivity contribution in [2.45, 2.75) is 32.7 Å². The van der Waals surface area contributed by atoms with Crippen LogP contribution in [0.25, 0.3) is 22.0 Å². The van der Waals surface area contributed by atoms with Crippen LogP contribution in [0.3, 0.4) is 0 Å². The maximum absolute atomic E-state index is 14.9. The molecule has 3 aromatic carbocycles. The number of carbonyl (C=O) groups excluding carboxylic acids is 1. The molecule has 0 bridgehead atoms. The standard InChI is InChI=1S/C30H30FN3O2/c1-20-28(13-9-23-16-21(18-32-29(20)23)19-34-14-4-3-5-15-34)33-30(35)24-8-12-26(27(31)17-24)22-6-10-25(36-2)11-7-22/h6-13,16-18H,3-5,14-15,19H2,1-2H3,(H,33,35). The van der Waals surface area contributed by atoms with Gasteiger partial charge < -0.3 is 10.1 Å². The quantitative estimate of drug-likeness (QED) is 0.336. The number of piperidine rings is 1. The molecule has 0 radical (unpaired) electrons. The number of nitrogens with zero attached hydrogens (tertiary/aromatic N) is 2. The van der Waals surface area contributed by atoms with Crippen LogP contribution in [0, 0.1) is 12.7 Å². The fraction of sp³-hybridized carbons (Fsp3) is 0.267. The molecular weight excluding hydrogens is 453 g/mol. The summed E-state index contributed by atoms with van der Waals surface area (Å²) in [4.78, 5) is 20.1. The van der Waals surface area contributed by atoms with E-state index in [9.17, 15) is 9.18 Å². The van der Waals surface area contributed by atoms with Gasteiger partial charge in [-0.05, 0) is 85.9 Å². The molecular formula is C30H30FN3O2. The van der Waals surface area contributed by atoms with Crippen molar-refractivity contribution >= 4 is 22.5 Å². The molecule has 0 saturated carbocycles. The number of hydrogen-bond acceptors (Lipinski definition) is 4. The van der Waals surface area contributed by atoms with Gasteiger partial charge in [0.25, 0.3) is 5.91 Å². The molecule has 1 saturated heterocycles. The highest BCUT2D eigenvalue weighted by Crippen LogP contribution is 2.28. The smallest absolute Gasteiger partial charge is 0.255 e. The number of likely N-dealkylation sites (tertiary alicyclic amines) is 1. The normalized spacial score (nSPS) is 14.1. The molecule has 1 aliphatic rings. The predicted octanol–water partition coefficient (Wildman–Crippen LogP) is 6.60. The molecule has 0 aliphatic carbocycles. The van der Waals surface area contributed by atoms with Crippen molar-refractivity contribution in [3.05, 3.63) is 89.4 Å². The van der Waals surface area contributed by atoms with Gasteiger partial charge in [-0.2, -0.15) is 0 Å². The van der Waals surface area contributed by atoms with E-state index in [1.54, 1.807) is 43.5 Å². The number of nitrogens with one attached hydrogen (secondary N) is 1. The minimum atomic E-state index is -0.453. The summed E-state index contributed by atoms with van der Waals surface area (Å²) in [6, 6.07) is 17.7. The molecule has 0 unspecified atom stereocenters. The lowest BCUT2D eigenvalue weighted by atomic mass is 10.0. The molecule has 1 aromatic heterocycles. The zero-order valence-corrected chi connectivity index (χ0v) is 20.7. The third-order valence-corrected chi connectivity index (χ3v) is 6.90. The number of benzene rings is 3. The van der Waals surface area contributed by atoms with Gasteiger partial charge in [-0.15, -0.1) is 0 Å². The SMILES string of the molecule is COc1ccc(-c2ccc(C(=O)Nc3ccc4cc(CN5CCCCC5)cnc4c3C)cc2F)cc1. The van der Waals surface area contributed by atoms with Gasteiger partial charge in [-0.25, -0.2) is 4.39 Å². The minimum Gasteiger partial charge on any atom is -0.497 e. The molecule has 1 amide bonds. The fourth-order valence-corrected chi connectivity index (χ4v) is 4.85. The Morgan fingerprint density at radius 2 is 1.81 bits per heavy atom. The monoisotopic (exact) mass is 483 g/mol. The lowest BCUT2D eigenvalue weighted by Gasteiger charge is -2.26. The van der Waals surface area contributed by atoms with Crippen molar-refractivity contribution in [3.63, 3.8) is 0 Å². The average Bonchev–Trinajstić information content (AvgIpc) is 2.91. The molecule has 36 heavy (non-hydrogen) atoms.